The summed E-state index contributed by atoms with van der Waals surface area (Å²) in [5.41, 5.74) is 3.07. The zero-order valence-electron chi connectivity index (χ0n) is 16.5. The van der Waals surface area contributed by atoms with Gasteiger partial charge in [0.15, 0.2) is 0 Å². The number of ketones is 1. The summed E-state index contributed by atoms with van der Waals surface area (Å²) in [7, 11) is 0. The molecule has 5 heteroatoms. The normalized spacial score (nSPS) is 21.4. The quantitative estimate of drug-likeness (QED) is 0.798. The molecule has 2 atom stereocenters. The van der Waals surface area contributed by atoms with E-state index in [1.165, 1.54) is 11.1 Å². The summed E-state index contributed by atoms with van der Waals surface area (Å²) in [5.74, 6) is -0.482. The Hall–Kier alpha value is -2.79. The van der Waals surface area contributed by atoms with Crippen molar-refractivity contribution >= 4 is 17.6 Å². The molecule has 0 radical (unpaired) electrons. The summed E-state index contributed by atoms with van der Waals surface area (Å²) in [5, 5.41) is 2.50. The number of carbonyl (C=O) groups excluding carboxylic acids is 3. The molecule has 1 saturated heterocycles. The van der Waals surface area contributed by atoms with Gasteiger partial charge in [-0.2, -0.15) is 0 Å². The number of fused-ring (bicyclic) bond motifs is 1. The van der Waals surface area contributed by atoms with E-state index in [2.05, 4.69) is 17.4 Å². The van der Waals surface area contributed by atoms with Crippen LogP contribution in [0.3, 0.4) is 0 Å². The third-order valence-electron chi connectivity index (χ3n) is 6.10. The second-order valence-electron chi connectivity index (χ2n) is 7.99. The summed E-state index contributed by atoms with van der Waals surface area (Å²) < 4.78 is 0. The first-order valence-corrected chi connectivity index (χ1v) is 10.4. The topological polar surface area (TPSA) is 66.5 Å². The van der Waals surface area contributed by atoms with E-state index in [0.29, 0.717) is 18.5 Å². The Morgan fingerprint density at radius 3 is 2.45 bits per heavy atom. The minimum atomic E-state index is -0.414. The number of likely N-dealkylation sites (tertiary alicyclic amines) is 1. The van der Waals surface area contributed by atoms with Crippen molar-refractivity contribution in [2.24, 2.45) is 5.92 Å². The van der Waals surface area contributed by atoms with Gasteiger partial charge in [-0.05, 0) is 61.9 Å². The zero-order chi connectivity index (χ0) is 20.2. The molecule has 29 heavy (non-hydrogen) atoms. The smallest absolute Gasteiger partial charge is 0.257 e. The fourth-order valence-electron chi connectivity index (χ4n) is 4.47. The van der Waals surface area contributed by atoms with E-state index < -0.39 is 11.9 Å². The summed E-state index contributed by atoms with van der Waals surface area (Å²) in [6.45, 7) is 0.997. The van der Waals surface area contributed by atoms with Crippen LogP contribution in [0.5, 0.6) is 0 Å². The molecule has 0 saturated carbocycles. The number of hydrogen-bond acceptors (Lipinski definition) is 4. The molecule has 2 amide bonds. The molecule has 1 N–H and O–H groups in total. The fourth-order valence-corrected chi connectivity index (χ4v) is 4.47. The molecule has 1 fully saturated rings. The maximum Gasteiger partial charge on any atom is 0.257 e. The van der Waals surface area contributed by atoms with Crippen LogP contribution < -0.4 is 5.32 Å². The Bertz CT molecular complexity index is 909. The van der Waals surface area contributed by atoms with Crippen LogP contribution in [0.1, 0.15) is 40.7 Å². The SMILES string of the molecule is O=C(NC(=O)[C@@H]1CCCN1CC(=O)C1CCc2ccccc2C1)c1ccccc1. The Balaban J connectivity index is 1.35. The summed E-state index contributed by atoms with van der Waals surface area (Å²) >= 11 is 0. The fraction of sp³-hybridized carbons (Fsp3) is 0.375. The molecule has 2 aromatic rings. The lowest BCUT2D eigenvalue weighted by molar-refractivity contribution is -0.128. The van der Waals surface area contributed by atoms with Crippen LogP contribution in [0.15, 0.2) is 54.6 Å². The summed E-state index contributed by atoms with van der Waals surface area (Å²) in [4.78, 5) is 39.8. The Labute approximate surface area is 171 Å². The molecule has 1 heterocycles. The predicted molar refractivity (Wildman–Crippen MR) is 110 cm³/mol. The molecule has 5 nitrogen and oxygen atoms in total. The van der Waals surface area contributed by atoms with Crippen molar-refractivity contribution in [3.05, 3.63) is 71.3 Å². The average Bonchev–Trinajstić information content (AvgIpc) is 3.22. The molecule has 1 unspecified atom stereocenters. The number of nitrogens with zero attached hydrogens (tertiary/aromatic N) is 1. The van der Waals surface area contributed by atoms with Gasteiger partial charge in [-0.3, -0.25) is 24.6 Å². The van der Waals surface area contributed by atoms with Crippen molar-refractivity contribution < 1.29 is 14.4 Å². The Morgan fingerprint density at radius 1 is 0.931 bits per heavy atom. The van der Waals surface area contributed by atoms with Gasteiger partial charge >= 0.3 is 0 Å². The van der Waals surface area contributed by atoms with Crippen LogP contribution in [0.4, 0.5) is 0 Å². The molecular weight excluding hydrogens is 364 g/mol. The van der Waals surface area contributed by atoms with Gasteiger partial charge in [-0.15, -0.1) is 0 Å². The van der Waals surface area contributed by atoms with E-state index in [1.54, 1.807) is 24.3 Å². The third kappa shape index (κ3) is 4.46. The first-order chi connectivity index (χ1) is 14.1. The van der Waals surface area contributed by atoms with E-state index in [-0.39, 0.29) is 24.2 Å². The standard InChI is InChI=1S/C24H26N2O3/c27-22(20-13-12-17-7-4-5-10-19(17)15-20)16-26-14-6-11-21(26)24(29)25-23(28)18-8-2-1-3-9-18/h1-5,7-10,20-21H,6,11-16H2,(H,25,28,29)/t20?,21-/m0/s1. The van der Waals surface area contributed by atoms with Crippen molar-refractivity contribution in [3.8, 4) is 0 Å². The number of aryl methyl sites for hydroxylation is 1. The lowest BCUT2D eigenvalue weighted by Gasteiger charge is -2.27. The number of nitrogens with one attached hydrogen (secondary N) is 1. The molecule has 1 aliphatic heterocycles. The van der Waals surface area contributed by atoms with Crippen LogP contribution in [-0.2, 0) is 22.4 Å². The zero-order valence-corrected chi connectivity index (χ0v) is 16.5. The molecule has 1 aliphatic carbocycles. The number of Topliss-reactive ketones (excluding diaryl/α,β-unsaturated/α-hetero) is 1. The highest BCUT2D eigenvalue weighted by molar-refractivity contribution is 6.06. The lowest BCUT2D eigenvalue weighted by Crippen LogP contribution is -2.47. The van der Waals surface area contributed by atoms with Crippen LogP contribution in [-0.4, -0.2) is 41.6 Å². The number of rotatable bonds is 5. The molecule has 0 bridgehead atoms. The van der Waals surface area contributed by atoms with E-state index >= 15 is 0 Å². The third-order valence-corrected chi connectivity index (χ3v) is 6.10. The van der Waals surface area contributed by atoms with Crippen molar-refractivity contribution in [2.75, 3.05) is 13.1 Å². The van der Waals surface area contributed by atoms with Gasteiger partial charge in [0.25, 0.3) is 5.91 Å². The van der Waals surface area contributed by atoms with Gasteiger partial charge in [0.05, 0.1) is 12.6 Å². The van der Waals surface area contributed by atoms with Crippen LogP contribution in [0.25, 0.3) is 0 Å². The Kier molecular flexibility index (Phi) is 5.86. The molecular formula is C24H26N2O3. The van der Waals surface area contributed by atoms with Crippen LogP contribution in [0.2, 0.25) is 0 Å². The number of amides is 2. The molecule has 0 spiro atoms. The number of imide groups is 1. The monoisotopic (exact) mass is 390 g/mol. The molecule has 2 aliphatic rings. The molecule has 150 valence electrons. The van der Waals surface area contributed by atoms with E-state index in [4.69, 9.17) is 0 Å². The minimum absolute atomic E-state index is 0.0140. The predicted octanol–water partition coefficient (Wildman–Crippen LogP) is 2.78. The highest BCUT2D eigenvalue weighted by Gasteiger charge is 2.34. The van der Waals surface area contributed by atoms with E-state index in [9.17, 15) is 14.4 Å². The first-order valence-electron chi connectivity index (χ1n) is 10.4. The van der Waals surface area contributed by atoms with Gasteiger partial charge in [-0.25, -0.2) is 0 Å². The molecule has 2 aromatic carbocycles. The summed E-state index contributed by atoms with van der Waals surface area (Å²) in [6.07, 6.45) is 4.12. The van der Waals surface area contributed by atoms with Gasteiger partial charge in [0.1, 0.15) is 5.78 Å². The van der Waals surface area contributed by atoms with Gasteiger partial charge in [0.2, 0.25) is 5.91 Å². The van der Waals surface area contributed by atoms with Crippen molar-refractivity contribution in [1.29, 1.82) is 0 Å². The highest BCUT2D eigenvalue weighted by Crippen LogP contribution is 2.27. The van der Waals surface area contributed by atoms with Gasteiger partial charge in [0, 0.05) is 11.5 Å². The van der Waals surface area contributed by atoms with Crippen molar-refractivity contribution in [1.82, 2.24) is 10.2 Å². The maximum atomic E-state index is 12.9. The lowest BCUT2D eigenvalue weighted by atomic mass is 9.81. The minimum Gasteiger partial charge on any atom is -0.298 e. The highest BCUT2D eigenvalue weighted by atomic mass is 16.2. The maximum absolute atomic E-state index is 12.9. The molecule has 0 aromatic heterocycles. The average molecular weight is 390 g/mol. The second kappa shape index (κ2) is 8.70. The van der Waals surface area contributed by atoms with E-state index in [0.717, 1.165) is 25.7 Å². The first kappa shape index (κ1) is 19.5. The second-order valence-corrected chi connectivity index (χ2v) is 7.99. The van der Waals surface area contributed by atoms with Crippen molar-refractivity contribution in [2.45, 2.75) is 38.1 Å². The number of hydrogen-bond donors (Lipinski definition) is 1. The Morgan fingerprint density at radius 2 is 1.66 bits per heavy atom. The van der Waals surface area contributed by atoms with Gasteiger partial charge in [-0.1, -0.05) is 42.5 Å². The number of carbonyl (C=O) groups is 3. The van der Waals surface area contributed by atoms with Crippen LogP contribution in [0, 0.1) is 5.92 Å². The summed E-state index contributed by atoms with van der Waals surface area (Å²) in [6, 6.07) is 16.6. The van der Waals surface area contributed by atoms with Crippen molar-refractivity contribution in [3.63, 3.8) is 0 Å². The van der Waals surface area contributed by atoms with Gasteiger partial charge < -0.3 is 0 Å². The molecule has 4 rings (SSSR count). The largest absolute Gasteiger partial charge is 0.298 e. The number of benzene rings is 2. The van der Waals surface area contributed by atoms with Crippen LogP contribution >= 0.6 is 0 Å². The van der Waals surface area contributed by atoms with E-state index in [1.807, 2.05) is 23.1 Å².